The van der Waals surface area contributed by atoms with Crippen LogP contribution in [0.3, 0.4) is 0 Å². The summed E-state index contributed by atoms with van der Waals surface area (Å²) in [5, 5.41) is 2.87. The maximum absolute atomic E-state index is 12.9. The lowest BCUT2D eigenvalue weighted by atomic mass is 10.1. The molecule has 2 amide bonds. The lowest BCUT2D eigenvalue weighted by Gasteiger charge is -2.22. The average Bonchev–Trinajstić information content (AvgIpc) is 2.96. The summed E-state index contributed by atoms with van der Waals surface area (Å²) in [6, 6.07) is 14.2. The van der Waals surface area contributed by atoms with Gasteiger partial charge in [-0.3, -0.25) is 14.5 Å². The van der Waals surface area contributed by atoms with E-state index in [9.17, 15) is 9.59 Å². The first-order valence-electron chi connectivity index (χ1n) is 8.68. The number of methoxy groups -OCH3 is 1. The number of benzene rings is 2. The zero-order valence-electron chi connectivity index (χ0n) is 15.8. The van der Waals surface area contributed by atoms with Crippen molar-refractivity contribution in [3.63, 3.8) is 0 Å². The summed E-state index contributed by atoms with van der Waals surface area (Å²) in [5.41, 5.74) is 2.53. The van der Waals surface area contributed by atoms with E-state index in [1.807, 2.05) is 55.5 Å². The van der Waals surface area contributed by atoms with E-state index in [0.29, 0.717) is 9.23 Å². The fourth-order valence-electron chi connectivity index (χ4n) is 2.73. The van der Waals surface area contributed by atoms with E-state index < -0.39 is 6.04 Å². The number of aryl methyl sites for hydroxylation is 1. The third-order valence-corrected chi connectivity index (χ3v) is 5.74. The molecule has 0 saturated carbocycles. The van der Waals surface area contributed by atoms with Gasteiger partial charge in [0.25, 0.3) is 5.91 Å². The molecule has 1 aliphatic rings. The number of anilines is 1. The molecule has 0 aliphatic carbocycles. The highest BCUT2D eigenvalue weighted by Gasteiger charge is 2.38. The van der Waals surface area contributed by atoms with Crippen molar-refractivity contribution in [2.75, 3.05) is 12.4 Å². The highest BCUT2D eigenvalue weighted by atomic mass is 32.2. The van der Waals surface area contributed by atoms with Gasteiger partial charge in [-0.15, -0.1) is 0 Å². The van der Waals surface area contributed by atoms with E-state index in [-0.39, 0.29) is 11.8 Å². The molecule has 1 unspecified atom stereocenters. The fraction of sp³-hybridized carbons (Fsp3) is 0.190. The van der Waals surface area contributed by atoms with E-state index in [4.69, 9.17) is 17.0 Å². The van der Waals surface area contributed by atoms with Gasteiger partial charge in [-0.1, -0.05) is 54.3 Å². The van der Waals surface area contributed by atoms with Crippen LogP contribution in [0.2, 0.25) is 0 Å². The summed E-state index contributed by atoms with van der Waals surface area (Å²) < 4.78 is 5.52. The summed E-state index contributed by atoms with van der Waals surface area (Å²) in [5.74, 6) is 0.195. The fourth-order valence-corrected chi connectivity index (χ4v) is 4.15. The Bertz CT molecular complexity index is 954. The number of nitrogens with zero attached hydrogens (tertiary/aromatic N) is 1. The molecule has 0 radical (unpaired) electrons. The summed E-state index contributed by atoms with van der Waals surface area (Å²) in [6.07, 6.45) is 1.77. The van der Waals surface area contributed by atoms with Crippen LogP contribution in [0, 0.1) is 6.92 Å². The number of nitrogens with one attached hydrogen (secondary N) is 1. The van der Waals surface area contributed by atoms with Gasteiger partial charge in [0.2, 0.25) is 5.91 Å². The Kier molecular flexibility index (Phi) is 6.16. The van der Waals surface area contributed by atoms with Crippen LogP contribution in [0.4, 0.5) is 5.69 Å². The number of carbonyl (C=O) groups is 2. The molecule has 1 heterocycles. The minimum Gasteiger partial charge on any atom is -0.497 e. The Morgan fingerprint density at radius 2 is 1.89 bits per heavy atom. The molecule has 1 N–H and O–H groups in total. The van der Waals surface area contributed by atoms with Gasteiger partial charge >= 0.3 is 0 Å². The SMILES string of the molecule is COc1ccc(/C=C2\SC(=S)N(C(C)C(=O)Nc3ccccc3C)C2=O)cc1. The molecule has 7 heteroatoms. The van der Waals surface area contributed by atoms with E-state index in [0.717, 1.165) is 22.6 Å². The van der Waals surface area contributed by atoms with Crippen LogP contribution in [0.5, 0.6) is 5.75 Å². The van der Waals surface area contributed by atoms with Crippen LogP contribution in [0.25, 0.3) is 6.08 Å². The zero-order chi connectivity index (χ0) is 20.3. The number of carbonyl (C=O) groups excluding carboxylic acids is 2. The minimum atomic E-state index is -0.714. The summed E-state index contributed by atoms with van der Waals surface area (Å²) >= 11 is 6.56. The molecule has 1 fully saturated rings. The predicted octanol–water partition coefficient (Wildman–Crippen LogP) is 4.23. The Hall–Kier alpha value is -2.64. The molecule has 2 aromatic rings. The van der Waals surface area contributed by atoms with Crippen molar-refractivity contribution in [2.24, 2.45) is 0 Å². The standard InChI is InChI=1S/C21H20N2O3S2/c1-13-6-4-5-7-17(13)22-19(24)14(2)23-20(25)18(28-21(23)27)12-15-8-10-16(26-3)11-9-15/h4-12,14H,1-3H3,(H,22,24)/b18-12-. The smallest absolute Gasteiger partial charge is 0.266 e. The second kappa shape index (κ2) is 8.58. The number of para-hydroxylation sites is 1. The van der Waals surface area contributed by atoms with E-state index in [1.54, 1.807) is 20.1 Å². The number of hydrogen-bond donors (Lipinski definition) is 1. The van der Waals surface area contributed by atoms with Crippen LogP contribution in [0.15, 0.2) is 53.4 Å². The van der Waals surface area contributed by atoms with Crippen LogP contribution in [0.1, 0.15) is 18.1 Å². The highest BCUT2D eigenvalue weighted by molar-refractivity contribution is 8.26. The van der Waals surface area contributed by atoms with Gasteiger partial charge in [0.15, 0.2) is 0 Å². The van der Waals surface area contributed by atoms with Crippen molar-refractivity contribution >= 4 is 51.9 Å². The lowest BCUT2D eigenvalue weighted by Crippen LogP contribution is -2.44. The number of amides is 2. The zero-order valence-corrected chi connectivity index (χ0v) is 17.4. The number of thioether (sulfide) groups is 1. The topological polar surface area (TPSA) is 58.6 Å². The van der Waals surface area contributed by atoms with Gasteiger partial charge in [0, 0.05) is 5.69 Å². The quantitative estimate of drug-likeness (QED) is 0.588. The Morgan fingerprint density at radius 3 is 2.54 bits per heavy atom. The molecule has 5 nitrogen and oxygen atoms in total. The average molecular weight is 413 g/mol. The molecule has 144 valence electrons. The number of ether oxygens (including phenoxy) is 1. The summed E-state index contributed by atoms with van der Waals surface area (Å²) in [6.45, 7) is 3.59. The highest BCUT2D eigenvalue weighted by Crippen LogP contribution is 2.34. The first-order valence-corrected chi connectivity index (χ1v) is 9.91. The first kappa shape index (κ1) is 20.1. The van der Waals surface area contributed by atoms with Crippen molar-refractivity contribution in [3.05, 3.63) is 64.6 Å². The monoisotopic (exact) mass is 412 g/mol. The maximum Gasteiger partial charge on any atom is 0.266 e. The molecule has 1 saturated heterocycles. The van der Waals surface area contributed by atoms with Crippen LogP contribution in [-0.4, -0.2) is 34.2 Å². The van der Waals surface area contributed by atoms with Crippen molar-refractivity contribution < 1.29 is 14.3 Å². The van der Waals surface area contributed by atoms with Crippen molar-refractivity contribution in [1.29, 1.82) is 0 Å². The number of hydrogen-bond acceptors (Lipinski definition) is 5. The van der Waals surface area contributed by atoms with E-state index in [1.165, 1.54) is 16.7 Å². The minimum absolute atomic E-state index is 0.266. The second-order valence-corrected chi connectivity index (χ2v) is 7.98. The van der Waals surface area contributed by atoms with Gasteiger partial charge in [-0.2, -0.15) is 0 Å². The Balaban J connectivity index is 1.75. The van der Waals surface area contributed by atoms with Gasteiger partial charge in [0.05, 0.1) is 12.0 Å². The lowest BCUT2D eigenvalue weighted by molar-refractivity contribution is -0.129. The van der Waals surface area contributed by atoms with E-state index in [2.05, 4.69) is 5.32 Å². The van der Waals surface area contributed by atoms with Gasteiger partial charge in [-0.25, -0.2) is 0 Å². The summed E-state index contributed by atoms with van der Waals surface area (Å²) in [7, 11) is 1.60. The molecule has 0 spiro atoms. The van der Waals surface area contributed by atoms with Crippen molar-refractivity contribution in [1.82, 2.24) is 4.90 Å². The normalized spacial score (nSPS) is 16.4. The maximum atomic E-state index is 12.9. The number of thiocarbonyl (C=S) groups is 1. The molecule has 0 bridgehead atoms. The Labute approximate surface area is 173 Å². The van der Waals surface area contributed by atoms with Gasteiger partial charge in [-0.05, 0) is 49.2 Å². The molecule has 2 aromatic carbocycles. The Morgan fingerprint density at radius 1 is 1.21 bits per heavy atom. The van der Waals surface area contributed by atoms with Gasteiger partial charge < -0.3 is 10.1 Å². The van der Waals surface area contributed by atoms with Crippen LogP contribution >= 0.6 is 24.0 Å². The molecule has 1 atom stereocenters. The first-order chi connectivity index (χ1) is 13.4. The molecule has 28 heavy (non-hydrogen) atoms. The molecule has 3 rings (SSSR count). The molecular formula is C21H20N2O3S2. The summed E-state index contributed by atoms with van der Waals surface area (Å²) in [4.78, 5) is 27.4. The second-order valence-electron chi connectivity index (χ2n) is 6.31. The van der Waals surface area contributed by atoms with Crippen molar-refractivity contribution in [2.45, 2.75) is 19.9 Å². The van der Waals surface area contributed by atoms with Gasteiger partial charge in [0.1, 0.15) is 16.1 Å². The van der Waals surface area contributed by atoms with Crippen LogP contribution < -0.4 is 10.1 Å². The molecule has 1 aliphatic heterocycles. The predicted molar refractivity (Wildman–Crippen MR) is 117 cm³/mol. The molecular weight excluding hydrogens is 392 g/mol. The van der Waals surface area contributed by atoms with Crippen molar-refractivity contribution in [3.8, 4) is 5.75 Å². The largest absolute Gasteiger partial charge is 0.497 e. The molecule has 0 aromatic heterocycles. The third-order valence-electron chi connectivity index (χ3n) is 4.41. The van der Waals surface area contributed by atoms with E-state index >= 15 is 0 Å². The number of rotatable bonds is 5. The van der Waals surface area contributed by atoms with Crippen LogP contribution in [-0.2, 0) is 9.59 Å². The third kappa shape index (κ3) is 4.26.